The zero-order valence-corrected chi connectivity index (χ0v) is 17.3. The third kappa shape index (κ3) is 4.22. The van der Waals surface area contributed by atoms with Crippen molar-refractivity contribution in [1.29, 1.82) is 0 Å². The first-order valence-electron chi connectivity index (χ1n) is 9.24. The molecular weight excluding hydrogens is 425 g/mol. The van der Waals surface area contributed by atoms with Gasteiger partial charge in [0.05, 0.1) is 18.4 Å². The van der Waals surface area contributed by atoms with Crippen molar-refractivity contribution in [3.05, 3.63) is 76.4 Å². The van der Waals surface area contributed by atoms with Crippen LogP contribution in [-0.2, 0) is 16.1 Å². The fraction of sp³-hybridized carbons (Fsp3) is 0.143. The number of hydrogen-bond acceptors (Lipinski definition) is 4. The van der Waals surface area contributed by atoms with Gasteiger partial charge in [-0.25, -0.2) is 9.69 Å². The number of nitrogens with one attached hydrogen (secondary N) is 1. The fourth-order valence-electron chi connectivity index (χ4n) is 3.07. The largest absolute Gasteiger partial charge is 0.306 e. The number of amides is 2. The summed E-state index contributed by atoms with van der Waals surface area (Å²) >= 11 is 12.5. The van der Waals surface area contributed by atoms with Crippen molar-refractivity contribution in [2.45, 2.75) is 19.4 Å². The molecule has 0 fully saturated rings. The summed E-state index contributed by atoms with van der Waals surface area (Å²) in [7, 11) is 0. The Balaban J connectivity index is 1.54. The predicted molar refractivity (Wildman–Crippen MR) is 117 cm³/mol. The maximum absolute atomic E-state index is 12.8. The van der Waals surface area contributed by atoms with Crippen molar-refractivity contribution in [3.8, 4) is 0 Å². The van der Waals surface area contributed by atoms with E-state index in [0.29, 0.717) is 33.7 Å². The van der Waals surface area contributed by atoms with Crippen LogP contribution in [0.4, 0.5) is 11.5 Å². The molecule has 1 aromatic heterocycles. The summed E-state index contributed by atoms with van der Waals surface area (Å²) < 4.78 is 1.59. The Morgan fingerprint density at radius 3 is 2.47 bits per heavy atom. The van der Waals surface area contributed by atoms with E-state index in [0.717, 1.165) is 0 Å². The second kappa shape index (κ2) is 8.69. The van der Waals surface area contributed by atoms with E-state index in [9.17, 15) is 9.59 Å². The predicted octanol–water partition coefficient (Wildman–Crippen LogP) is 4.36. The van der Waals surface area contributed by atoms with E-state index in [4.69, 9.17) is 23.2 Å². The molecule has 30 heavy (non-hydrogen) atoms. The average Bonchev–Trinajstić information content (AvgIpc) is 3.18. The molecule has 0 radical (unpaired) electrons. The van der Waals surface area contributed by atoms with Gasteiger partial charge in [-0.05, 0) is 24.3 Å². The van der Waals surface area contributed by atoms with Crippen LogP contribution in [0.1, 0.15) is 18.4 Å². The lowest BCUT2D eigenvalue weighted by molar-refractivity contribution is -0.118. The molecule has 1 N–H and O–H groups in total. The lowest BCUT2D eigenvalue weighted by atomic mass is 10.1. The third-order valence-corrected chi connectivity index (χ3v) is 5.33. The Bertz CT molecular complexity index is 1110. The Labute approximate surface area is 182 Å². The molecule has 1 aliphatic heterocycles. The standard InChI is InChI=1S/C21H17Cl2N5O2/c22-16-7-4-8-17(23)15(16)13-27-19(11-12-24-27)25-21(30)18-9-10-20(29)28(26-18)14-5-2-1-3-6-14/h1-8,11-12H,9-10,13H2,(H,25,30). The molecule has 0 unspecified atom stereocenters. The molecule has 7 nitrogen and oxygen atoms in total. The number of halogens is 2. The van der Waals surface area contributed by atoms with Gasteiger partial charge in [0.15, 0.2) is 0 Å². The molecule has 3 aromatic rings. The molecule has 1 aliphatic rings. The molecule has 152 valence electrons. The number of hydrogen-bond donors (Lipinski definition) is 1. The lowest BCUT2D eigenvalue weighted by Gasteiger charge is -2.23. The van der Waals surface area contributed by atoms with E-state index in [1.165, 1.54) is 5.01 Å². The number of benzene rings is 2. The molecule has 0 bridgehead atoms. The van der Waals surface area contributed by atoms with E-state index < -0.39 is 5.91 Å². The number of aromatic nitrogens is 2. The van der Waals surface area contributed by atoms with Gasteiger partial charge in [-0.1, -0.05) is 47.5 Å². The van der Waals surface area contributed by atoms with Crippen LogP contribution in [0.5, 0.6) is 0 Å². The van der Waals surface area contributed by atoms with Crippen LogP contribution in [0, 0.1) is 0 Å². The molecule has 0 saturated carbocycles. The monoisotopic (exact) mass is 441 g/mol. The number of nitrogens with zero attached hydrogens (tertiary/aromatic N) is 4. The molecule has 0 atom stereocenters. The van der Waals surface area contributed by atoms with Crippen molar-refractivity contribution in [1.82, 2.24) is 9.78 Å². The Morgan fingerprint density at radius 1 is 1.00 bits per heavy atom. The first-order valence-corrected chi connectivity index (χ1v) is 10.00. The number of para-hydroxylation sites is 1. The topological polar surface area (TPSA) is 79.6 Å². The summed E-state index contributed by atoms with van der Waals surface area (Å²) in [5, 5.41) is 13.6. The summed E-state index contributed by atoms with van der Waals surface area (Å²) in [5.74, 6) is -0.0755. The van der Waals surface area contributed by atoms with Gasteiger partial charge in [-0.15, -0.1) is 0 Å². The van der Waals surface area contributed by atoms with E-state index in [-0.39, 0.29) is 24.5 Å². The number of carbonyl (C=O) groups excluding carboxylic acids is 2. The highest BCUT2D eigenvalue weighted by Gasteiger charge is 2.26. The maximum atomic E-state index is 12.8. The molecule has 9 heteroatoms. The minimum absolute atomic E-state index is 0.156. The highest BCUT2D eigenvalue weighted by Crippen LogP contribution is 2.26. The maximum Gasteiger partial charge on any atom is 0.273 e. The summed E-state index contributed by atoms with van der Waals surface area (Å²) in [6, 6.07) is 15.9. The van der Waals surface area contributed by atoms with Gasteiger partial charge in [0.2, 0.25) is 5.91 Å². The molecule has 4 rings (SSSR count). The summed E-state index contributed by atoms with van der Waals surface area (Å²) in [6.45, 7) is 0.294. The number of hydrazone groups is 1. The van der Waals surface area contributed by atoms with Gasteiger partial charge in [0, 0.05) is 34.5 Å². The normalized spacial score (nSPS) is 13.9. The highest BCUT2D eigenvalue weighted by molar-refractivity contribution is 6.44. The molecular formula is C21H17Cl2N5O2. The van der Waals surface area contributed by atoms with Crippen LogP contribution in [0.25, 0.3) is 0 Å². The molecule has 0 saturated heterocycles. The van der Waals surface area contributed by atoms with Gasteiger partial charge in [0.1, 0.15) is 11.5 Å². The van der Waals surface area contributed by atoms with E-state index in [1.807, 2.05) is 18.2 Å². The zero-order valence-electron chi connectivity index (χ0n) is 15.8. The van der Waals surface area contributed by atoms with E-state index in [1.54, 1.807) is 47.3 Å². The van der Waals surface area contributed by atoms with Gasteiger partial charge in [-0.2, -0.15) is 10.2 Å². The van der Waals surface area contributed by atoms with Gasteiger partial charge < -0.3 is 5.32 Å². The van der Waals surface area contributed by atoms with Crippen molar-refractivity contribution >= 4 is 52.2 Å². The van der Waals surface area contributed by atoms with E-state index >= 15 is 0 Å². The number of anilines is 2. The van der Waals surface area contributed by atoms with Gasteiger partial charge in [0.25, 0.3) is 5.91 Å². The van der Waals surface area contributed by atoms with Crippen molar-refractivity contribution in [2.24, 2.45) is 5.10 Å². The molecule has 2 amide bonds. The van der Waals surface area contributed by atoms with Gasteiger partial charge >= 0.3 is 0 Å². The summed E-state index contributed by atoms with van der Waals surface area (Å²) in [6.07, 6.45) is 2.04. The smallest absolute Gasteiger partial charge is 0.273 e. The van der Waals surface area contributed by atoms with E-state index in [2.05, 4.69) is 15.5 Å². The Kier molecular flexibility index (Phi) is 5.83. The van der Waals surface area contributed by atoms with Gasteiger partial charge in [-0.3, -0.25) is 9.59 Å². The van der Waals surface area contributed by atoms with Crippen molar-refractivity contribution in [2.75, 3.05) is 10.3 Å². The first kappa shape index (κ1) is 20.1. The number of carbonyl (C=O) groups is 2. The second-order valence-electron chi connectivity index (χ2n) is 6.62. The average molecular weight is 442 g/mol. The Hall–Kier alpha value is -3.16. The second-order valence-corrected chi connectivity index (χ2v) is 7.43. The quantitative estimate of drug-likeness (QED) is 0.638. The lowest BCUT2D eigenvalue weighted by Crippen LogP contribution is -2.36. The Morgan fingerprint density at radius 2 is 1.73 bits per heavy atom. The molecule has 0 spiro atoms. The zero-order chi connectivity index (χ0) is 21.1. The minimum Gasteiger partial charge on any atom is -0.306 e. The molecule has 2 heterocycles. The minimum atomic E-state index is -0.393. The summed E-state index contributed by atoms with van der Waals surface area (Å²) in [5.41, 5.74) is 1.59. The molecule has 2 aromatic carbocycles. The molecule has 0 aliphatic carbocycles. The van der Waals surface area contributed by atoms with Crippen molar-refractivity contribution < 1.29 is 9.59 Å². The van der Waals surface area contributed by atoms with Crippen LogP contribution < -0.4 is 10.3 Å². The fourth-order valence-corrected chi connectivity index (χ4v) is 3.59. The highest BCUT2D eigenvalue weighted by atomic mass is 35.5. The first-order chi connectivity index (χ1) is 14.5. The van der Waals surface area contributed by atoms with Crippen LogP contribution in [-0.4, -0.2) is 27.3 Å². The number of rotatable bonds is 5. The van der Waals surface area contributed by atoms with Crippen LogP contribution in [0.2, 0.25) is 10.0 Å². The third-order valence-electron chi connectivity index (χ3n) is 4.62. The van der Waals surface area contributed by atoms with Crippen LogP contribution in [0.15, 0.2) is 65.9 Å². The van der Waals surface area contributed by atoms with Crippen molar-refractivity contribution in [3.63, 3.8) is 0 Å². The van der Waals surface area contributed by atoms with Crippen LogP contribution in [0.3, 0.4) is 0 Å². The SMILES string of the molecule is O=C(Nc1ccnn1Cc1c(Cl)cccc1Cl)C1=NN(c2ccccc2)C(=O)CC1. The summed E-state index contributed by atoms with van der Waals surface area (Å²) in [4.78, 5) is 25.1. The van der Waals surface area contributed by atoms with Crippen LogP contribution >= 0.6 is 23.2 Å².